The molecule has 0 aliphatic carbocycles. The van der Waals surface area contributed by atoms with E-state index in [0.29, 0.717) is 19.3 Å². The summed E-state index contributed by atoms with van der Waals surface area (Å²) >= 11 is 0. The molecule has 0 aromatic heterocycles. The van der Waals surface area contributed by atoms with Gasteiger partial charge in [-0.3, -0.25) is 14.4 Å². The monoisotopic (exact) mass is 1030 g/mol. The molecule has 0 rings (SSSR count). The third kappa shape index (κ3) is 60.0. The van der Waals surface area contributed by atoms with Crippen molar-refractivity contribution in [2.75, 3.05) is 13.2 Å². The van der Waals surface area contributed by atoms with Crippen LogP contribution in [0.1, 0.15) is 252 Å². The Morgan fingerprint density at radius 3 is 0.813 bits per heavy atom. The molecular formula is C69H110O6. The first kappa shape index (κ1) is 70.3. The average Bonchev–Trinajstić information content (AvgIpc) is 3.41. The van der Waals surface area contributed by atoms with Crippen molar-refractivity contribution in [3.63, 3.8) is 0 Å². The van der Waals surface area contributed by atoms with E-state index < -0.39 is 6.10 Å². The van der Waals surface area contributed by atoms with Gasteiger partial charge in [-0.25, -0.2) is 0 Å². The maximum atomic E-state index is 12.8. The van der Waals surface area contributed by atoms with E-state index in [1.807, 2.05) is 0 Å². The highest BCUT2D eigenvalue weighted by Gasteiger charge is 2.19. The predicted molar refractivity (Wildman–Crippen MR) is 325 cm³/mol. The second kappa shape index (κ2) is 61.8. The zero-order valence-corrected chi connectivity index (χ0v) is 48.3. The molecule has 0 aliphatic heterocycles. The summed E-state index contributed by atoms with van der Waals surface area (Å²) in [4.78, 5) is 38.2. The molecule has 0 radical (unpaired) electrons. The van der Waals surface area contributed by atoms with Crippen LogP contribution in [0.15, 0.2) is 146 Å². The molecule has 422 valence electrons. The zero-order valence-electron chi connectivity index (χ0n) is 48.3. The smallest absolute Gasteiger partial charge is 0.306 e. The van der Waals surface area contributed by atoms with Gasteiger partial charge in [0.05, 0.1) is 0 Å². The van der Waals surface area contributed by atoms with Crippen molar-refractivity contribution >= 4 is 17.9 Å². The van der Waals surface area contributed by atoms with Crippen molar-refractivity contribution in [3.05, 3.63) is 146 Å². The van der Waals surface area contributed by atoms with Crippen LogP contribution in [0.2, 0.25) is 0 Å². The molecular weight excluding hydrogens is 925 g/mol. The number of esters is 3. The lowest BCUT2D eigenvalue weighted by Gasteiger charge is -2.18. The predicted octanol–water partition coefficient (Wildman–Crippen LogP) is 20.8. The molecule has 0 N–H and O–H groups in total. The molecule has 0 aromatic rings. The third-order valence-corrected chi connectivity index (χ3v) is 12.3. The van der Waals surface area contributed by atoms with Crippen molar-refractivity contribution < 1.29 is 28.6 Å². The lowest BCUT2D eigenvalue weighted by atomic mass is 10.0. The summed E-state index contributed by atoms with van der Waals surface area (Å²) in [5.74, 6) is -1.00. The summed E-state index contributed by atoms with van der Waals surface area (Å²) in [6.07, 6.45) is 88.5. The normalized spacial score (nSPS) is 13.2. The van der Waals surface area contributed by atoms with Crippen LogP contribution in [0.4, 0.5) is 0 Å². The fourth-order valence-corrected chi connectivity index (χ4v) is 7.86. The highest BCUT2D eigenvalue weighted by Crippen LogP contribution is 2.15. The summed E-state index contributed by atoms with van der Waals surface area (Å²) in [6, 6.07) is 0. The van der Waals surface area contributed by atoms with Gasteiger partial charge in [-0.1, -0.05) is 256 Å². The largest absolute Gasteiger partial charge is 0.462 e. The molecule has 1 atom stereocenters. The number of carbonyl (C=O) groups excluding carboxylic acids is 3. The van der Waals surface area contributed by atoms with Gasteiger partial charge < -0.3 is 14.2 Å². The molecule has 0 heterocycles. The van der Waals surface area contributed by atoms with E-state index in [9.17, 15) is 14.4 Å². The first-order valence-corrected chi connectivity index (χ1v) is 30.3. The van der Waals surface area contributed by atoms with E-state index in [0.717, 1.165) is 122 Å². The molecule has 0 aromatic carbocycles. The summed E-state index contributed by atoms with van der Waals surface area (Å²) < 4.78 is 16.8. The van der Waals surface area contributed by atoms with Crippen LogP contribution in [0.3, 0.4) is 0 Å². The van der Waals surface area contributed by atoms with Gasteiger partial charge in [0.15, 0.2) is 6.10 Å². The van der Waals surface area contributed by atoms with Crippen LogP contribution in [-0.2, 0) is 28.6 Å². The van der Waals surface area contributed by atoms with Crippen LogP contribution in [0, 0.1) is 0 Å². The third-order valence-electron chi connectivity index (χ3n) is 12.3. The maximum absolute atomic E-state index is 12.8. The Labute approximate surface area is 461 Å². The van der Waals surface area contributed by atoms with Gasteiger partial charge in [-0.05, 0) is 122 Å². The van der Waals surface area contributed by atoms with Gasteiger partial charge in [0.1, 0.15) is 13.2 Å². The first-order valence-electron chi connectivity index (χ1n) is 30.3. The van der Waals surface area contributed by atoms with Gasteiger partial charge >= 0.3 is 17.9 Å². The minimum Gasteiger partial charge on any atom is -0.462 e. The summed E-state index contributed by atoms with van der Waals surface area (Å²) in [5, 5.41) is 0. The van der Waals surface area contributed by atoms with E-state index in [1.54, 1.807) is 0 Å². The molecule has 0 spiro atoms. The van der Waals surface area contributed by atoms with Gasteiger partial charge in [0.2, 0.25) is 0 Å². The quantitative estimate of drug-likeness (QED) is 0.0261. The Balaban J connectivity index is 4.49. The molecule has 0 bridgehead atoms. The molecule has 0 saturated heterocycles. The van der Waals surface area contributed by atoms with Crippen molar-refractivity contribution in [3.8, 4) is 0 Å². The maximum Gasteiger partial charge on any atom is 0.306 e. The Bertz CT molecular complexity index is 1660. The number of ether oxygens (including phenoxy) is 3. The van der Waals surface area contributed by atoms with Crippen LogP contribution in [0.5, 0.6) is 0 Å². The molecule has 0 fully saturated rings. The fourth-order valence-electron chi connectivity index (χ4n) is 7.86. The first-order chi connectivity index (χ1) is 37.0. The Kier molecular flexibility index (Phi) is 58.0. The fraction of sp³-hybridized carbons (Fsp3) is 0.609. The SMILES string of the molecule is CC/C=C\C/C=C\C/C=C\C/C=C\C/C=C\C/C=C\C/C=C\C/C=C\CCCCC(=O)OCC(COC(=O)CCCCCCCCCCCCCCCCC)OC(=O)CCCC/C=C\C/C=C\C/C=C\C/C=C\CC. The standard InChI is InChI=1S/C69H110O6/c1-4-7-10-13-16-19-22-25-28-29-30-31-32-33-34-35-36-37-38-39-42-44-47-50-53-56-59-62-68(71)74-65-66(75-69(72)63-60-57-54-51-48-45-41-27-24-21-18-15-12-9-6-3)64-73-67(70)61-58-55-52-49-46-43-40-26-23-20-17-14-11-8-5-2/h7,9-10,12,16,18-19,21,25,27-28,30-31,33-34,36-37,39,41-42,47-48,50-51,66H,4-6,8,11,13-15,17,20,22-24,26,29,32,35,38,40,43-46,49,52-65H2,1-3H3/b10-7-,12-9-,19-16-,21-18-,28-25-,31-30-,34-33-,37-36-,41-27-,42-39-,50-47-,51-48-. The Morgan fingerprint density at radius 2 is 0.520 bits per heavy atom. The number of unbranched alkanes of at least 4 members (excludes halogenated alkanes) is 18. The van der Waals surface area contributed by atoms with Crippen LogP contribution < -0.4 is 0 Å². The molecule has 0 saturated carbocycles. The second-order valence-corrected chi connectivity index (χ2v) is 19.5. The molecule has 0 aliphatic rings. The van der Waals surface area contributed by atoms with Crippen molar-refractivity contribution in [1.29, 1.82) is 0 Å². The number of hydrogen-bond donors (Lipinski definition) is 0. The van der Waals surface area contributed by atoms with E-state index in [-0.39, 0.29) is 44.0 Å². The molecule has 6 nitrogen and oxygen atoms in total. The van der Waals surface area contributed by atoms with Gasteiger partial charge in [-0.2, -0.15) is 0 Å². The summed E-state index contributed by atoms with van der Waals surface area (Å²) in [6.45, 7) is 6.34. The molecule has 6 heteroatoms. The Morgan fingerprint density at radius 1 is 0.280 bits per heavy atom. The summed E-state index contributed by atoms with van der Waals surface area (Å²) in [7, 11) is 0. The van der Waals surface area contributed by atoms with Gasteiger partial charge in [0, 0.05) is 19.3 Å². The van der Waals surface area contributed by atoms with E-state index >= 15 is 0 Å². The van der Waals surface area contributed by atoms with Gasteiger partial charge in [0.25, 0.3) is 0 Å². The van der Waals surface area contributed by atoms with Crippen molar-refractivity contribution in [2.24, 2.45) is 0 Å². The number of hydrogen-bond acceptors (Lipinski definition) is 6. The lowest BCUT2D eigenvalue weighted by molar-refractivity contribution is -0.167. The van der Waals surface area contributed by atoms with E-state index in [1.165, 1.54) is 77.0 Å². The van der Waals surface area contributed by atoms with Crippen molar-refractivity contribution in [1.82, 2.24) is 0 Å². The minimum atomic E-state index is -0.823. The van der Waals surface area contributed by atoms with Crippen LogP contribution in [0.25, 0.3) is 0 Å². The van der Waals surface area contributed by atoms with Gasteiger partial charge in [-0.15, -0.1) is 0 Å². The summed E-state index contributed by atoms with van der Waals surface area (Å²) in [5.41, 5.74) is 0. The molecule has 75 heavy (non-hydrogen) atoms. The number of rotatable bonds is 53. The second-order valence-electron chi connectivity index (χ2n) is 19.5. The highest BCUT2D eigenvalue weighted by atomic mass is 16.6. The lowest BCUT2D eigenvalue weighted by Crippen LogP contribution is -2.30. The molecule has 1 unspecified atom stereocenters. The molecule has 0 amide bonds. The Hall–Kier alpha value is -4.71. The number of carbonyl (C=O) groups is 3. The zero-order chi connectivity index (χ0) is 54.3. The topological polar surface area (TPSA) is 78.9 Å². The minimum absolute atomic E-state index is 0.112. The van der Waals surface area contributed by atoms with E-state index in [4.69, 9.17) is 14.2 Å². The number of allylic oxidation sites excluding steroid dienone is 24. The van der Waals surface area contributed by atoms with Crippen molar-refractivity contribution in [2.45, 2.75) is 258 Å². The van der Waals surface area contributed by atoms with Crippen LogP contribution >= 0.6 is 0 Å². The van der Waals surface area contributed by atoms with Crippen LogP contribution in [-0.4, -0.2) is 37.2 Å². The average molecular weight is 1040 g/mol. The van der Waals surface area contributed by atoms with E-state index in [2.05, 4.69) is 167 Å². The highest BCUT2D eigenvalue weighted by molar-refractivity contribution is 5.71.